The molecule has 0 atom stereocenters. The van der Waals surface area contributed by atoms with Crippen molar-refractivity contribution in [3.05, 3.63) is 75.5 Å². The van der Waals surface area contributed by atoms with E-state index in [4.69, 9.17) is 4.42 Å². The number of hydrogen-bond donors (Lipinski definition) is 0. The predicted octanol–water partition coefficient (Wildman–Crippen LogP) is 6.06. The van der Waals surface area contributed by atoms with E-state index < -0.39 is 0 Å². The number of hydrogen-bond acceptors (Lipinski definition) is 2. The van der Waals surface area contributed by atoms with Crippen molar-refractivity contribution < 1.29 is 4.42 Å². The number of nitrogens with zero attached hydrogens (tertiary/aromatic N) is 1. The minimum absolute atomic E-state index is 0.0705. The molecule has 3 heteroatoms. The van der Waals surface area contributed by atoms with Crippen molar-refractivity contribution in [1.82, 2.24) is 0 Å². The molecular formula is C20H16BrNO. The number of benzene rings is 2. The second-order valence-electron chi connectivity index (χ2n) is 6.85. The number of halogens is 1. The first kappa shape index (κ1) is 13.4. The van der Waals surface area contributed by atoms with E-state index in [9.17, 15) is 0 Å². The minimum atomic E-state index is -0.0705. The lowest BCUT2D eigenvalue weighted by Crippen LogP contribution is -2.32. The summed E-state index contributed by atoms with van der Waals surface area (Å²) in [7, 11) is 0. The molecule has 0 amide bonds. The zero-order valence-corrected chi connectivity index (χ0v) is 14.6. The van der Waals surface area contributed by atoms with Crippen LogP contribution in [-0.4, -0.2) is 0 Å². The van der Waals surface area contributed by atoms with E-state index >= 15 is 0 Å². The van der Waals surface area contributed by atoms with Crippen LogP contribution in [0.4, 0.5) is 17.3 Å². The maximum absolute atomic E-state index is 6.09. The average molecular weight is 366 g/mol. The summed E-state index contributed by atoms with van der Waals surface area (Å²) in [4.78, 5) is 2.30. The van der Waals surface area contributed by atoms with E-state index in [1.54, 1.807) is 0 Å². The standard InChI is InChI=1S/C20H16BrNO/c1-20(2)14-8-5-7-13-10-12-6-3-4-9-16(12)22(18(13)14)19-15(20)11-17(21)23-19/h3-9,11H,10H2,1-2H3. The van der Waals surface area contributed by atoms with E-state index in [1.807, 2.05) is 0 Å². The zero-order valence-electron chi connectivity index (χ0n) is 13.1. The molecule has 0 radical (unpaired) electrons. The molecule has 114 valence electrons. The lowest BCUT2D eigenvalue weighted by atomic mass is 9.73. The maximum Gasteiger partial charge on any atom is 0.210 e. The largest absolute Gasteiger partial charge is 0.433 e. The van der Waals surface area contributed by atoms with Crippen molar-refractivity contribution in [2.45, 2.75) is 25.7 Å². The van der Waals surface area contributed by atoms with Gasteiger partial charge in [0.15, 0.2) is 4.67 Å². The molecule has 0 saturated heterocycles. The van der Waals surface area contributed by atoms with Gasteiger partial charge in [0.25, 0.3) is 0 Å². The molecule has 2 aliphatic rings. The van der Waals surface area contributed by atoms with Gasteiger partial charge in [0.1, 0.15) is 0 Å². The molecule has 0 saturated carbocycles. The summed E-state index contributed by atoms with van der Waals surface area (Å²) in [6, 6.07) is 17.4. The number of fused-ring (bicyclic) bond motifs is 4. The first-order valence-electron chi connectivity index (χ1n) is 7.87. The van der Waals surface area contributed by atoms with Gasteiger partial charge in [-0.2, -0.15) is 0 Å². The molecule has 3 heterocycles. The Hall–Kier alpha value is -2.00. The van der Waals surface area contributed by atoms with E-state index in [2.05, 4.69) is 83.2 Å². The van der Waals surface area contributed by atoms with Gasteiger partial charge in [-0.3, -0.25) is 4.90 Å². The van der Waals surface area contributed by atoms with Crippen LogP contribution >= 0.6 is 15.9 Å². The molecule has 2 nitrogen and oxygen atoms in total. The van der Waals surface area contributed by atoms with Crippen LogP contribution in [0, 0.1) is 0 Å². The van der Waals surface area contributed by atoms with E-state index in [1.165, 1.54) is 33.6 Å². The fourth-order valence-corrected chi connectivity index (χ4v) is 4.41. The molecule has 1 aromatic heterocycles. The summed E-state index contributed by atoms with van der Waals surface area (Å²) >= 11 is 3.53. The third-order valence-corrected chi connectivity index (χ3v) is 5.58. The molecule has 0 N–H and O–H groups in total. The number of anilines is 3. The summed E-state index contributed by atoms with van der Waals surface area (Å²) in [6.45, 7) is 4.56. The Morgan fingerprint density at radius 1 is 1.00 bits per heavy atom. The SMILES string of the molecule is CC1(C)c2cc(Br)oc2N2c3ccccc3Cc3cccc1c32. The van der Waals surface area contributed by atoms with Crippen LogP contribution in [0.2, 0.25) is 0 Å². The van der Waals surface area contributed by atoms with E-state index in [0.717, 1.165) is 17.0 Å². The van der Waals surface area contributed by atoms with Crippen molar-refractivity contribution >= 4 is 33.2 Å². The van der Waals surface area contributed by atoms with Crippen LogP contribution < -0.4 is 4.90 Å². The van der Waals surface area contributed by atoms with E-state index in [-0.39, 0.29) is 5.41 Å². The lowest BCUT2D eigenvalue weighted by molar-refractivity contribution is 0.526. The van der Waals surface area contributed by atoms with Crippen LogP contribution in [0.5, 0.6) is 0 Å². The maximum atomic E-state index is 6.09. The molecule has 0 bridgehead atoms. The van der Waals surface area contributed by atoms with Gasteiger partial charge in [-0.15, -0.1) is 0 Å². The van der Waals surface area contributed by atoms with Crippen molar-refractivity contribution in [3.63, 3.8) is 0 Å². The Labute approximate surface area is 143 Å². The highest BCUT2D eigenvalue weighted by Gasteiger charge is 2.42. The van der Waals surface area contributed by atoms with Crippen LogP contribution in [0.3, 0.4) is 0 Å². The summed E-state index contributed by atoms with van der Waals surface area (Å²) in [5.74, 6) is 0.939. The van der Waals surface area contributed by atoms with Crippen molar-refractivity contribution in [1.29, 1.82) is 0 Å². The van der Waals surface area contributed by atoms with Crippen molar-refractivity contribution in [2.75, 3.05) is 4.90 Å². The molecule has 2 aromatic carbocycles. The highest BCUT2D eigenvalue weighted by Crippen LogP contribution is 2.57. The van der Waals surface area contributed by atoms with Gasteiger partial charge in [0.2, 0.25) is 5.88 Å². The monoisotopic (exact) mass is 365 g/mol. The fourth-order valence-electron chi connectivity index (χ4n) is 4.03. The Morgan fingerprint density at radius 3 is 2.65 bits per heavy atom. The van der Waals surface area contributed by atoms with E-state index in [0.29, 0.717) is 0 Å². The molecule has 5 rings (SSSR count). The molecule has 0 aliphatic carbocycles. The summed E-state index contributed by atoms with van der Waals surface area (Å²) in [5, 5.41) is 0. The minimum Gasteiger partial charge on any atom is -0.433 e. The van der Waals surface area contributed by atoms with Gasteiger partial charge in [-0.25, -0.2) is 0 Å². The van der Waals surface area contributed by atoms with Gasteiger partial charge in [-0.1, -0.05) is 50.2 Å². The highest BCUT2D eigenvalue weighted by atomic mass is 79.9. The highest BCUT2D eigenvalue weighted by molar-refractivity contribution is 9.10. The van der Waals surface area contributed by atoms with Crippen LogP contribution in [0.1, 0.15) is 36.1 Å². The Bertz CT molecular complexity index is 954. The van der Waals surface area contributed by atoms with Gasteiger partial charge in [0, 0.05) is 17.4 Å². The summed E-state index contributed by atoms with van der Waals surface area (Å²) in [6.07, 6.45) is 0.975. The average Bonchev–Trinajstić information content (AvgIpc) is 2.94. The van der Waals surface area contributed by atoms with Crippen molar-refractivity contribution in [2.24, 2.45) is 0 Å². The summed E-state index contributed by atoms with van der Waals surface area (Å²) in [5.41, 5.74) is 7.76. The summed E-state index contributed by atoms with van der Waals surface area (Å²) < 4.78 is 6.88. The van der Waals surface area contributed by atoms with Gasteiger partial charge < -0.3 is 4.42 Å². The molecule has 0 unspecified atom stereocenters. The molecular weight excluding hydrogens is 350 g/mol. The van der Waals surface area contributed by atoms with Gasteiger partial charge in [-0.05, 0) is 44.8 Å². The number of rotatable bonds is 0. The normalized spacial score (nSPS) is 16.6. The number of furan rings is 1. The first-order chi connectivity index (χ1) is 11.1. The third kappa shape index (κ3) is 1.63. The van der Waals surface area contributed by atoms with Crippen LogP contribution in [0.15, 0.2) is 57.6 Å². The molecule has 23 heavy (non-hydrogen) atoms. The molecule has 3 aromatic rings. The number of para-hydroxylation sites is 2. The predicted molar refractivity (Wildman–Crippen MR) is 96.0 cm³/mol. The lowest BCUT2D eigenvalue weighted by Gasteiger charge is -2.42. The fraction of sp³-hybridized carbons (Fsp3) is 0.200. The Balaban J connectivity index is 1.92. The zero-order chi connectivity index (χ0) is 15.8. The van der Waals surface area contributed by atoms with Crippen LogP contribution in [0.25, 0.3) is 0 Å². The first-order valence-corrected chi connectivity index (χ1v) is 8.67. The Kier molecular flexibility index (Phi) is 2.51. The second kappa shape index (κ2) is 4.30. The quantitative estimate of drug-likeness (QED) is 0.376. The topological polar surface area (TPSA) is 16.4 Å². The molecule has 2 aliphatic heterocycles. The molecule has 0 fully saturated rings. The van der Waals surface area contributed by atoms with Gasteiger partial charge >= 0.3 is 0 Å². The Morgan fingerprint density at radius 2 is 1.78 bits per heavy atom. The van der Waals surface area contributed by atoms with Crippen LogP contribution in [-0.2, 0) is 11.8 Å². The van der Waals surface area contributed by atoms with Gasteiger partial charge in [0.05, 0.1) is 11.4 Å². The smallest absolute Gasteiger partial charge is 0.210 e. The van der Waals surface area contributed by atoms with Crippen molar-refractivity contribution in [3.8, 4) is 0 Å². The molecule has 0 spiro atoms. The second-order valence-corrected chi connectivity index (χ2v) is 7.63. The third-order valence-electron chi connectivity index (χ3n) is 5.19.